The third kappa shape index (κ3) is 5.22. The average molecular weight is 395 g/mol. The van der Waals surface area contributed by atoms with Crippen molar-refractivity contribution in [1.82, 2.24) is 4.98 Å². The molecule has 1 unspecified atom stereocenters. The van der Waals surface area contributed by atoms with Gasteiger partial charge in [0.1, 0.15) is 5.30 Å². The molecular formula is C19H26NO6P. The van der Waals surface area contributed by atoms with Crippen LogP contribution in [0.25, 0.3) is 11.3 Å². The first-order chi connectivity index (χ1) is 12.9. The molecule has 0 bridgehead atoms. The minimum absolute atomic E-state index is 0.0286. The van der Waals surface area contributed by atoms with Crippen molar-refractivity contribution >= 4 is 12.9 Å². The van der Waals surface area contributed by atoms with Crippen molar-refractivity contribution in [2.24, 2.45) is 0 Å². The van der Waals surface area contributed by atoms with Crippen LogP contribution in [0.4, 0.5) is 0 Å². The zero-order valence-corrected chi connectivity index (χ0v) is 16.8. The largest absolute Gasteiger partial charge is 0.490 e. The van der Waals surface area contributed by atoms with Crippen molar-refractivity contribution in [2.75, 3.05) is 19.8 Å². The number of ether oxygens (including phenoxy) is 2. The van der Waals surface area contributed by atoms with Crippen molar-refractivity contribution < 1.29 is 23.5 Å². The van der Waals surface area contributed by atoms with E-state index in [1.54, 1.807) is 19.1 Å². The van der Waals surface area contributed by atoms with Gasteiger partial charge in [-0.05, 0) is 44.0 Å². The lowest BCUT2D eigenvalue weighted by Crippen LogP contribution is -2.28. The Balaban J connectivity index is 2.49. The molecule has 0 fully saturated rings. The molecule has 0 aliphatic carbocycles. The molecule has 27 heavy (non-hydrogen) atoms. The zero-order chi connectivity index (χ0) is 19.9. The Labute approximate surface area is 158 Å². The van der Waals surface area contributed by atoms with E-state index in [-0.39, 0.29) is 11.9 Å². The summed E-state index contributed by atoms with van der Waals surface area (Å²) < 4.78 is 28.6. The van der Waals surface area contributed by atoms with E-state index in [1.807, 2.05) is 26.0 Å². The van der Waals surface area contributed by atoms with Crippen LogP contribution in [0.2, 0.25) is 0 Å². The maximum absolute atomic E-state index is 12.4. The fraction of sp³-hybridized carbons (Fsp3) is 0.421. The first-order valence-electron chi connectivity index (χ1n) is 9.04. The highest BCUT2D eigenvalue weighted by Crippen LogP contribution is 2.40. The summed E-state index contributed by atoms with van der Waals surface area (Å²) in [7, 11) is -4.15. The van der Waals surface area contributed by atoms with Gasteiger partial charge >= 0.3 is 7.60 Å². The van der Waals surface area contributed by atoms with Gasteiger partial charge in [0, 0.05) is 5.56 Å². The van der Waals surface area contributed by atoms with Crippen LogP contribution in [0.3, 0.4) is 0 Å². The molecule has 148 valence electrons. The van der Waals surface area contributed by atoms with Gasteiger partial charge in [-0.25, -0.2) is 0 Å². The summed E-state index contributed by atoms with van der Waals surface area (Å²) in [5.41, 5.74) is 0.436. The van der Waals surface area contributed by atoms with Crippen molar-refractivity contribution in [3.63, 3.8) is 0 Å². The van der Waals surface area contributed by atoms with Crippen LogP contribution in [0.1, 0.15) is 33.6 Å². The average Bonchev–Trinajstić information content (AvgIpc) is 2.64. The highest BCUT2D eigenvalue weighted by atomic mass is 31.2. The third-order valence-corrected chi connectivity index (χ3v) is 5.25. The van der Waals surface area contributed by atoms with Crippen LogP contribution >= 0.6 is 7.60 Å². The van der Waals surface area contributed by atoms with E-state index in [0.717, 1.165) is 12.8 Å². The maximum Gasteiger partial charge on any atom is 0.364 e. The Morgan fingerprint density at radius 3 is 2.37 bits per heavy atom. The molecule has 0 saturated carbocycles. The summed E-state index contributed by atoms with van der Waals surface area (Å²) in [4.78, 5) is 24.9. The second-order valence-electron chi connectivity index (χ2n) is 5.85. The summed E-state index contributed by atoms with van der Waals surface area (Å²) in [6.07, 6.45) is 1.67. The molecule has 0 amide bonds. The number of hydrogen-bond donors (Lipinski definition) is 2. The zero-order valence-electron chi connectivity index (χ0n) is 15.9. The minimum atomic E-state index is -4.15. The Kier molecular flexibility index (Phi) is 7.66. The highest BCUT2D eigenvalue weighted by molar-refractivity contribution is 7.61. The van der Waals surface area contributed by atoms with Gasteiger partial charge in [-0.1, -0.05) is 19.9 Å². The Hall–Kier alpha value is -2.08. The Morgan fingerprint density at radius 2 is 1.74 bits per heavy atom. The van der Waals surface area contributed by atoms with Gasteiger partial charge in [-0.3, -0.25) is 9.36 Å². The number of para-hydroxylation sites is 1. The van der Waals surface area contributed by atoms with Gasteiger partial charge < -0.3 is 23.9 Å². The van der Waals surface area contributed by atoms with Crippen molar-refractivity contribution in [2.45, 2.75) is 33.6 Å². The normalized spacial score (nSPS) is 13.2. The number of aromatic nitrogens is 1. The van der Waals surface area contributed by atoms with Crippen molar-refractivity contribution in [1.29, 1.82) is 0 Å². The van der Waals surface area contributed by atoms with Crippen LogP contribution in [-0.2, 0) is 9.09 Å². The Morgan fingerprint density at radius 1 is 1.04 bits per heavy atom. The summed E-state index contributed by atoms with van der Waals surface area (Å²) in [6.45, 7) is 6.67. The van der Waals surface area contributed by atoms with Gasteiger partial charge in [0.2, 0.25) is 0 Å². The van der Waals surface area contributed by atoms with E-state index >= 15 is 0 Å². The van der Waals surface area contributed by atoms with Crippen LogP contribution < -0.4 is 20.3 Å². The molecule has 1 heterocycles. The lowest BCUT2D eigenvalue weighted by atomic mass is 10.1. The van der Waals surface area contributed by atoms with Gasteiger partial charge in [0.25, 0.3) is 5.56 Å². The summed E-state index contributed by atoms with van der Waals surface area (Å²) >= 11 is 0. The lowest BCUT2D eigenvalue weighted by molar-refractivity contribution is 0.269. The number of aromatic amines is 1. The number of pyridine rings is 1. The number of hydrogen-bond acceptors (Lipinski definition) is 5. The molecule has 8 heteroatoms. The van der Waals surface area contributed by atoms with E-state index in [0.29, 0.717) is 36.0 Å². The number of nitrogens with one attached hydrogen (secondary N) is 1. The lowest BCUT2D eigenvalue weighted by Gasteiger charge is -2.16. The number of H-pyrrole nitrogens is 1. The molecule has 0 radical (unpaired) electrons. The SMILES string of the molecule is CCCOc1cccc(-c2ccc(P(=O)(O)OCC)c(=O)[nH]2)c1OCCC. The molecule has 1 aromatic heterocycles. The molecule has 2 N–H and O–H groups in total. The number of rotatable bonds is 10. The smallest absolute Gasteiger partial charge is 0.364 e. The molecule has 7 nitrogen and oxygen atoms in total. The molecule has 2 rings (SSSR count). The van der Waals surface area contributed by atoms with Crippen molar-refractivity contribution in [3.05, 3.63) is 40.7 Å². The highest BCUT2D eigenvalue weighted by Gasteiger charge is 2.26. The summed E-state index contributed by atoms with van der Waals surface area (Å²) in [5.74, 6) is 1.13. The van der Waals surface area contributed by atoms with Crippen LogP contribution in [0.15, 0.2) is 35.1 Å². The molecule has 0 spiro atoms. The van der Waals surface area contributed by atoms with Crippen LogP contribution in [0, 0.1) is 0 Å². The van der Waals surface area contributed by atoms with Gasteiger partial charge in [-0.2, -0.15) is 0 Å². The second kappa shape index (κ2) is 9.74. The third-order valence-electron chi connectivity index (χ3n) is 3.68. The quantitative estimate of drug-likeness (QED) is 0.598. The van der Waals surface area contributed by atoms with E-state index < -0.39 is 13.2 Å². The van der Waals surface area contributed by atoms with Gasteiger partial charge in [0.05, 0.1) is 25.5 Å². The molecule has 0 saturated heterocycles. The summed E-state index contributed by atoms with van der Waals surface area (Å²) in [5, 5.41) is -0.289. The first-order valence-corrected chi connectivity index (χ1v) is 10.6. The summed E-state index contributed by atoms with van der Waals surface area (Å²) in [6, 6.07) is 8.30. The van der Waals surface area contributed by atoms with E-state index in [1.165, 1.54) is 6.07 Å². The topological polar surface area (TPSA) is 97.9 Å². The van der Waals surface area contributed by atoms with Crippen LogP contribution in [0.5, 0.6) is 11.5 Å². The van der Waals surface area contributed by atoms with Crippen LogP contribution in [-0.4, -0.2) is 29.7 Å². The molecule has 1 aromatic carbocycles. The van der Waals surface area contributed by atoms with Crippen molar-refractivity contribution in [3.8, 4) is 22.8 Å². The minimum Gasteiger partial charge on any atom is -0.490 e. The second-order valence-corrected chi connectivity index (χ2v) is 7.64. The molecule has 2 aromatic rings. The number of benzene rings is 1. The standard InChI is InChI=1S/C19H26NO6P/c1-4-12-24-16-9-7-8-14(18(16)25-13-5-2)15-10-11-17(19(21)20-15)27(22,23)26-6-3/h7-11H,4-6,12-13H2,1-3H3,(H,20,21)(H,22,23). The fourth-order valence-corrected chi connectivity index (χ4v) is 3.56. The fourth-order valence-electron chi connectivity index (χ4n) is 2.50. The van der Waals surface area contributed by atoms with E-state index in [2.05, 4.69) is 4.98 Å². The van der Waals surface area contributed by atoms with Gasteiger partial charge in [-0.15, -0.1) is 0 Å². The van der Waals surface area contributed by atoms with E-state index in [4.69, 9.17) is 14.0 Å². The monoisotopic (exact) mass is 395 g/mol. The molecular weight excluding hydrogens is 369 g/mol. The molecule has 1 atom stereocenters. The van der Waals surface area contributed by atoms with Gasteiger partial charge in [0.15, 0.2) is 11.5 Å². The maximum atomic E-state index is 12.4. The molecule has 0 aliphatic rings. The first kappa shape index (κ1) is 21.2. The Bertz CT molecular complexity index is 864. The predicted octanol–water partition coefficient (Wildman–Crippen LogP) is 3.47. The molecule has 0 aliphatic heterocycles. The van der Waals surface area contributed by atoms with E-state index in [9.17, 15) is 14.3 Å². The predicted molar refractivity (Wildman–Crippen MR) is 105 cm³/mol.